The van der Waals surface area contributed by atoms with E-state index in [2.05, 4.69) is 16.5 Å². The van der Waals surface area contributed by atoms with E-state index in [4.69, 9.17) is 0 Å². The Labute approximate surface area is 113 Å². The SMILES string of the molecule is OC1CCCCCC1NCc1cnn2ccccc12. The first-order valence-electron chi connectivity index (χ1n) is 7.17. The van der Waals surface area contributed by atoms with Crippen LogP contribution in [0.15, 0.2) is 30.6 Å². The summed E-state index contributed by atoms with van der Waals surface area (Å²) in [5.41, 5.74) is 2.33. The fourth-order valence-electron chi connectivity index (χ4n) is 2.89. The molecule has 4 nitrogen and oxygen atoms in total. The second kappa shape index (κ2) is 5.72. The molecule has 1 aliphatic carbocycles. The number of pyridine rings is 1. The van der Waals surface area contributed by atoms with Gasteiger partial charge in [0.1, 0.15) is 0 Å². The van der Waals surface area contributed by atoms with E-state index in [1.165, 1.54) is 18.4 Å². The van der Waals surface area contributed by atoms with Crippen LogP contribution >= 0.6 is 0 Å². The van der Waals surface area contributed by atoms with Gasteiger partial charge in [0, 0.05) is 24.3 Å². The Morgan fingerprint density at radius 2 is 2.16 bits per heavy atom. The summed E-state index contributed by atoms with van der Waals surface area (Å²) in [6, 6.07) is 6.31. The van der Waals surface area contributed by atoms with Gasteiger partial charge in [0.2, 0.25) is 0 Å². The predicted molar refractivity (Wildman–Crippen MR) is 74.9 cm³/mol. The van der Waals surface area contributed by atoms with Crippen LogP contribution in [0.25, 0.3) is 5.52 Å². The number of nitrogens with zero attached hydrogens (tertiary/aromatic N) is 2. The van der Waals surface area contributed by atoms with Crippen LogP contribution in [0.2, 0.25) is 0 Å². The molecule has 19 heavy (non-hydrogen) atoms. The second-order valence-corrected chi connectivity index (χ2v) is 5.39. The first-order chi connectivity index (χ1) is 9.34. The van der Waals surface area contributed by atoms with E-state index in [1.807, 2.05) is 29.0 Å². The minimum atomic E-state index is -0.204. The third-order valence-electron chi connectivity index (χ3n) is 4.04. The highest BCUT2D eigenvalue weighted by Crippen LogP contribution is 2.19. The predicted octanol–water partition coefficient (Wildman–Crippen LogP) is 2.12. The van der Waals surface area contributed by atoms with Gasteiger partial charge in [-0.05, 0) is 25.0 Å². The smallest absolute Gasteiger partial charge is 0.0706 e. The summed E-state index contributed by atoms with van der Waals surface area (Å²) in [4.78, 5) is 0. The van der Waals surface area contributed by atoms with Gasteiger partial charge in [0.05, 0.1) is 17.8 Å². The molecule has 0 aromatic carbocycles. The largest absolute Gasteiger partial charge is 0.392 e. The van der Waals surface area contributed by atoms with E-state index >= 15 is 0 Å². The summed E-state index contributed by atoms with van der Waals surface area (Å²) in [5, 5.41) is 17.9. The topological polar surface area (TPSA) is 49.6 Å². The normalized spacial score (nSPS) is 24.5. The molecule has 2 heterocycles. The lowest BCUT2D eigenvalue weighted by Gasteiger charge is -2.21. The first kappa shape index (κ1) is 12.6. The molecule has 2 unspecified atom stereocenters. The molecule has 0 spiro atoms. The number of fused-ring (bicyclic) bond motifs is 1. The van der Waals surface area contributed by atoms with Gasteiger partial charge in [-0.25, -0.2) is 4.52 Å². The molecule has 0 aliphatic heterocycles. The van der Waals surface area contributed by atoms with Crippen molar-refractivity contribution in [2.45, 2.75) is 50.8 Å². The van der Waals surface area contributed by atoms with Crippen molar-refractivity contribution >= 4 is 5.52 Å². The summed E-state index contributed by atoms with van der Waals surface area (Å²) < 4.78 is 1.89. The maximum atomic E-state index is 10.1. The number of nitrogens with one attached hydrogen (secondary N) is 1. The Balaban J connectivity index is 1.68. The van der Waals surface area contributed by atoms with Gasteiger partial charge in [0.15, 0.2) is 0 Å². The monoisotopic (exact) mass is 259 g/mol. The fraction of sp³-hybridized carbons (Fsp3) is 0.533. The molecule has 0 amide bonds. The van der Waals surface area contributed by atoms with Crippen LogP contribution < -0.4 is 5.32 Å². The van der Waals surface area contributed by atoms with Crippen molar-refractivity contribution in [2.75, 3.05) is 0 Å². The van der Waals surface area contributed by atoms with E-state index in [0.29, 0.717) is 0 Å². The third-order valence-corrected chi connectivity index (χ3v) is 4.04. The zero-order chi connectivity index (χ0) is 13.1. The van der Waals surface area contributed by atoms with Crippen LogP contribution in [0, 0.1) is 0 Å². The Morgan fingerprint density at radius 3 is 3.11 bits per heavy atom. The molecule has 2 aromatic heterocycles. The summed E-state index contributed by atoms with van der Waals surface area (Å²) in [6.45, 7) is 0.773. The minimum absolute atomic E-state index is 0.204. The van der Waals surface area contributed by atoms with Crippen molar-refractivity contribution in [1.29, 1.82) is 0 Å². The number of aliphatic hydroxyl groups excluding tert-OH is 1. The number of aromatic nitrogens is 2. The van der Waals surface area contributed by atoms with Gasteiger partial charge >= 0.3 is 0 Å². The molecule has 3 rings (SSSR count). The van der Waals surface area contributed by atoms with Crippen LogP contribution in [0.3, 0.4) is 0 Å². The van der Waals surface area contributed by atoms with Crippen LogP contribution in [0.1, 0.15) is 37.7 Å². The molecule has 0 saturated heterocycles. The molecule has 2 atom stereocenters. The lowest BCUT2D eigenvalue weighted by atomic mass is 10.1. The van der Waals surface area contributed by atoms with E-state index in [-0.39, 0.29) is 12.1 Å². The highest BCUT2D eigenvalue weighted by molar-refractivity contribution is 5.53. The van der Waals surface area contributed by atoms with Gasteiger partial charge in [-0.2, -0.15) is 5.10 Å². The van der Waals surface area contributed by atoms with Crippen LogP contribution in [0.4, 0.5) is 0 Å². The number of hydrogen-bond acceptors (Lipinski definition) is 3. The van der Waals surface area contributed by atoms with Crippen LogP contribution in [-0.2, 0) is 6.54 Å². The Morgan fingerprint density at radius 1 is 1.26 bits per heavy atom. The van der Waals surface area contributed by atoms with E-state index in [0.717, 1.165) is 31.3 Å². The highest BCUT2D eigenvalue weighted by Gasteiger charge is 2.21. The average molecular weight is 259 g/mol. The Bertz CT molecular complexity index is 537. The zero-order valence-corrected chi connectivity index (χ0v) is 11.1. The van der Waals surface area contributed by atoms with Crippen LogP contribution in [-0.4, -0.2) is 26.9 Å². The summed E-state index contributed by atoms with van der Waals surface area (Å²) >= 11 is 0. The quantitative estimate of drug-likeness (QED) is 0.830. The molecule has 2 aromatic rings. The van der Waals surface area contributed by atoms with Gasteiger partial charge in [-0.15, -0.1) is 0 Å². The van der Waals surface area contributed by atoms with Crippen molar-refractivity contribution in [1.82, 2.24) is 14.9 Å². The zero-order valence-electron chi connectivity index (χ0n) is 11.1. The standard InChI is InChI=1S/C15H21N3O/c19-15-8-3-1-2-6-13(15)16-10-12-11-17-18-9-5-4-7-14(12)18/h4-5,7,9,11,13,15-16,19H,1-3,6,8,10H2. The average Bonchev–Trinajstić information content (AvgIpc) is 2.73. The van der Waals surface area contributed by atoms with Crippen LogP contribution in [0.5, 0.6) is 0 Å². The highest BCUT2D eigenvalue weighted by atomic mass is 16.3. The Hall–Kier alpha value is -1.39. The van der Waals surface area contributed by atoms with Gasteiger partial charge in [-0.3, -0.25) is 0 Å². The molecule has 1 aliphatic rings. The molecule has 0 bridgehead atoms. The maximum Gasteiger partial charge on any atom is 0.0706 e. The van der Waals surface area contributed by atoms with E-state index in [9.17, 15) is 5.11 Å². The van der Waals surface area contributed by atoms with Crippen molar-refractivity contribution in [3.63, 3.8) is 0 Å². The van der Waals surface area contributed by atoms with Crippen molar-refractivity contribution in [2.24, 2.45) is 0 Å². The fourth-order valence-corrected chi connectivity index (χ4v) is 2.89. The maximum absolute atomic E-state index is 10.1. The molecule has 1 fully saturated rings. The molecule has 102 valence electrons. The molecular weight excluding hydrogens is 238 g/mol. The summed E-state index contributed by atoms with van der Waals surface area (Å²) in [5.74, 6) is 0. The molecule has 2 N–H and O–H groups in total. The molecule has 4 heteroatoms. The number of hydrogen-bond donors (Lipinski definition) is 2. The second-order valence-electron chi connectivity index (χ2n) is 5.39. The van der Waals surface area contributed by atoms with Crippen molar-refractivity contribution in [3.05, 3.63) is 36.2 Å². The molecule has 1 saturated carbocycles. The lowest BCUT2D eigenvalue weighted by molar-refractivity contribution is 0.119. The van der Waals surface area contributed by atoms with Crippen molar-refractivity contribution in [3.8, 4) is 0 Å². The lowest BCUT2D eigenvalue weighted by Crippen LogP contribution is -2.38. The Kier molecular flexibility index (Phi) is 3.80. The van der Waals surface area contributed by atoms with Gasteiger partial charge in [-0.1, -0.05) is 25.3 Å². The third kappa shape index (κ3) is 2.80. The summed E-state index contributed by atoms with van der Waals surface area (Å²) in [7, 11) is 0. The van der Waals surface area contributed by atoms with Gasteiger partial charge < -0.3 is 10.4 Å². The van der Waals surface area contributed by atoms with E-state index in [1.54, 1.807) is 0 Å². The summed E-state index contributed by atoms with van der Waals surface area (Å²) in [6.07, 6.45) is 9.26. The number of aliphatic hydroxyl groups is 1. The minimum Gasteiger partial charge on any atom is -0.392 e. The van der Waals surface area contributed by atoms with E-state index < -0.39 is 0 Å². The molecule has 0 radical (unpaired) electrons. The molecular formula is C15H21N3O. The van der Waals surface area contributed by atoms with Gasteiger partial charge in [0.25, 0.3) is 0 Å². The van der Waals surface area contributed by atoms with Crippen molar-refractivity contribution < 1.29 is 5.11 Å². The number of rotatable bonds is 3. The first-order valence-corrected chi connectivity index (χ1v) is 7.17.